The van der Waals surface area contributed by atoms with E-state index in [1.165, 1.54) is 13.0 Å². The quantitative estimate of drug-likeness (QED) is 0.820. The molecule has 0 aromatic heterocycles. The van der Waals surface area contributed by atoms with Gasteiger partial charge in [0.2, 0.25) is 5.91 Å². The fourth-order valence-corrected chi connectivity index (χ4v) is 3.84. The molecule has 0 unspecified atom stereocenters. The lowest BCUT2D eigenvalue weighted by Crippen LogP contribution is -2.33. The molecule has 0 spiro atoms. The summed E-state index contributed by atoms with van der Waals surface area (Å²) in [6.45, 7) is 3.34. The second-order valence-corrected chi connectivity index (χ2v) is 8.45. The van der Waals surface area contributed by atoms with E-state index < -0.39 is 32.6 Å². The van der Waals surface area contributed by atoms with Gasteiger partial charge in [-0.3, -0.25) is 4.79 Å². The van der Waals surface area contributed by atoms with Gasteiger partial charge in [-0.05, 0) is 48.7 Å². The number of anilines is 1. The van der Waals surface area contributed by atoms with Crippen LogP contribution in [0.15, 0.2) is 42.5 Å². The van der Waals surface area contributed by atoms with E-state index in [2.05, 4.69) is 5.32 Å². The summed E-state index contributed by atoms with van der Waals surface area (Å²) in [6, 6.07) is 10.7. The van der Waals surface area contributed by atoms with E-state index in [9.17, 15) is 17.6 Å². The molecule has 0 fully saturated rings. The summed E-state index contributed by atoms with van der Waals surface area (Å²) in [5.74, 6) is -1.61. The van der Waals surface area contributed by atoms with Crippen molar-refractivity contribution in [1.29, 1.82) is 0 Å². The SMILES string of the molecule is CCc1ccc(NC(=O)[C@H](C)S(=O)(=O)Cc2ccc(F)cc2Cl)cc1. The molecule has 0 radical (unpaired) electrons. The fraction of sp³-hybridized carbons (Fsp3) is 0.278. The number of carbonyl (C=O) groups excluding carboxylic acids is 1. The molecule has 1 amide bonds. The Labute approximate surface area is 151 Å². The van der Waals surface area contributed by atoms with Gasteiger partial charge in [-0.25, -0.2) is 12.8 Å². The van der Waals surface area contributed by atoms with Gasteiger partial charge < -0.3 is 5.32 Å². The maximum absolute atomic E-state index is 13.1. The topological polar surface area (TPSA) is 63.2 Å². The number of hydrogen-bond donors (Lipinski definition) is 1. The van der Waals surface area contributed by atoms with Crippen molar-refractivity contribution >= 4 is 33.0 Å². The average Bonchev–Trinajstić information content (AvgIpc) is 2.57. The third-order valence-electron chi connectivity index (χ3n) is 3.91. The Hall–Kier alpha value is -1.92. The van der Waals surface area contributed by atoms with E-state index in [0.29, 0.717) is 5.69 Å². The van der Waals surface area contributed by atoms with Crippen molar-refractivity contribution in [3.05, 3.63) is 64.4 Å². The highest BCUT2D eigenvalue weighted by Crippen LogP contribution is 2.22. The Bertz CT molecular complexity index is 866. The van der Waals surface area contributed by atoms with Gasteiger partial charge in [-0.2, -0.15) is 0 Å². The van der Waals surface area contributed by atoms with Crippen LogP contribution in [0.4, 0.5) is 10.1 Å². The highest BCUT2D eigenvalue weighted by atomic mass is 35.5. The molecule has 2 aromatic rings. The van der Waals surface area contributed by atoms with Crippen LogP contribution in [0, 0.1) is 5.82 Å². The lowest BCUT2D eigenvalue weighted by molar-refractivity contribution is -0.115. The minimum Gasteiger partial charge on any atom is -0.325 e. The summed E-state index contributed by atoms with van der Waals surface area (Å²) in [6.07, 6.45) is 0.872. The molecule has 0 bridgehead atoms. The number of amides is 1. The van der Waals surface area contributed by atoms with E-state index in [-0.39, 0.29) is 10.6 Å². The van der Waals surface area contributed by atoms with Gasteiger partial charge in [0.25, 0.3) is 0 Å². The number of rotatable bonds is 6. The first-order chi connectivity index (χ1) is 11.7. The second kappa shape index (κ2) is 7.97. The van der Waals surface area contributed by atoms with Crippen LogP contribution >= 0.6 is 11.6 Å². The zero-order valence-electron chi connectivity index (χ0n) is 13.9. The number of halogens is 2. The van der Waals surface area contributed by atoms with Crippen molar-refractivity contribution < 1.29 is 17.6 Å². The summed E-state index contributed by atoms with van der Waals surface area (Å²) in [5, 5.41) is 1.35. The number of sulfone groups is 1. The molecule has 25 heavy (non-hydrogen) atoms. The maximum Gasteiger partial charge on any atom is 0.242 e. The van der Waals surface area contributed by atoms with Crippen molar-refractivity contribution in [3.63, 3.8) is 0 Å². The van der Waals surface area contributed by atoms with Crippen LogP contribution in [0.3, 0.4) is 0 Å². The molecular formula is C18H19ClFNO3S. The number of hydrogen-bond acceptors (Lipinski definition) is 3. The first-order valence-electron chi connectivity index (χ1n) is 7.78. The molecule has 2 rings (SSSR count). The van der Waals surface area contributed by atoms with E-state index in [0.717, 1.165) is 24.1 Å². The lowest BCUT2D eigenvalue weighted by Gasteiger charge is -2.14. The van der Waals surface area contributed by atoms with Gasteiger partial charge in [0, 0.05) is 10.7 Å². The summed E-state index contributed by atoms with van der Waals surface area (Å²) < 4.78 is 38.0. The molecule has 0 heterocycles. The summed E-state index contributed by atoms with van der Waals surface area (Å²) in [7, 11) is -3.80. The van der Waals surface area contributed by atoms with Crippen LogP contribution in [0.1, 0.15) is 25.0 Å². The van der Waals surface area contributed by atoms with Crippen LogP contribution in [0.25, 0.3) is 0 Å². The van der Waals surface area contributed by atoms with Gasteiger partial charge >= 0.3 is 0 Å². The van der Waals surface area contributed by atoms with Crippen molar-refractivity contribution in [3.8, 4) is 0 Å². The highest BCUT2D eigenvalue weighted by Gasteiger charge is 2.29. The monoisotopic (exact) mass is 383 g/mol. The third-order valence-corrected chi connectivity index (χ3v) is 6.27. The van der Waals surface area contributed by atoms with Crippen LogP contribution in [0.2, 0.25) is 5.02 Å². The second-order valence-electron chi connectivity index (χ2n) is 5.72. The molecule has 1 atom stereocenters. The van der Waals surface area contributed by atoms with E-state index >= 15 is 0 Å². The Morgan fingerprint density at radius 2 is 1.84 bits per heavy atom. The maximum atomic E-state index is 13.1. The van der Waals surface area contributed by atoms with Gasteiger partial charge in [-0.15, -0.1) is 0 Å². The normalized spacial score (nSPS) is 12.6. The molecule has 0 saturated carbocycles. The van der Waals surface area contributed by atoms with Crippen molar-refractivity contribution in [2.24, 2.45) is 0 Å². The third kappa shape index (κ3) is 5.03. The lowest BCUT2D eigenvalue weighted by atomic mass is 10.1. The predicted molar refractivity (Wildman–Crippen MR) is 97.9 cm³/mol. The van der Waals surface area contributed by atoms with Crippen LogP contribution in [-0.4, -0.2) is 19.6 Å². The highest BCUT2D eigenvalue weighted by molar-refractivity contribution is 7.92. The molecule has 0 aliphatic heterocycles. The van der Waals surface area contributed by atoms with E-state index in [1.54, 1.807) is 12.1 Å². The van der Waals surface area contributed by atoms with E-state index in [4.69, 9.17) is 11.6 Å². The fourth-order valence-electron chi connectivity index (χ4n) is 2.21. The van der Waals surface area contributed by atoms with E-state index in [1.807, 2.05) is 19.1 Å². The molecule has 134 valence electrons. The molecule has 4 nitrogen and oxygen atoms in total. The minimum absolute atomic E-state index is 0.0198. The first kappa shape index (κ1) is 19.4. The van der Waals surface area contributed by atoms with Gasteiger partial charge in [0.1, 0.15) is 11.1 Å². The molecule has 0 saturated heterocycles. The molecule has 1 N–H and O–H groups in total. The standard InChI is InChI=1S/C18H19ClFNO3S/c1-3-13-4-8-16(9-5-13)21-18(22)12(2)25(23,24)11-14-6-7-15(20)10-17(14)19/h4-10,12H,3,11H2,1-2H3,(H,21,22)/t12-/m0/s1. The van der Waals surface area contributed by atoms with Gasteiger partial charge in [0.15, 0.2) is 9.84 Å². The molecule has 0 aliphatic carbocycles. The largest absolute Gasteiger partial charge is 0.325 e. The summed E-state index contributed by atoms with van der Waals surface area (Å²) in [5.41, 5.74) is 1.91. The predicted octanol–water partition coefficient (Wildman–Crippen LogP) is 3.98. The van der Waals surface area contributed by atoms with Crippen LogP contribution < -0.4 is 5.32 Å². The Morgan fingerprint density at radius 1 is 1.20 bits per heavy atom. The average molecular weight is 384 g/mol. The van der Waals surface area contributed by atoms with Gasteiger partial charge in [0.05, 0.1) is 5.75 Å². The Morgan fingerprint density at radius 3 is 2.40 bits per heavy atom. The number of nitrogens with one attached hydrogen (secondary N) is 1. The first-order valence-corrected chi connectivity index (χ1v) is 9.87. The zero-order valence-corrected chi connectivity index (χ0v) is 15.5. The Kier molecular flexibility index (Phi) is 6.19. The van der Waals surface area contributed by atoms with Crippen LogP contribution in [0.5, 0.6) is 0 Å². The zero-order chi connectivity index (χ0) is 18.6. The minimum atomic E-state index is -3.80. The molecule has 0 aliphatic rings. The number of carbonyl (C=O) groups is 1. The van der Waals surface area contributed by atoms with Gasteiger partial charge in [-0.1, -0.05) is 36.7 Å². The number of benzene rings is 2. The van der Waals surface area contributed by atoms with Crippen molar-refractivity contribution in [2.75, 3.05) is 5.32 Å². The summed E-state index contributed by atoms with van der Waals surface area (Å²) in [4.78, 5) is 12.3. The molecule has 2 aromatic carbocycles. The van der Waals surface area contributed by atoms with Crippen molar-refractivity contribution in [1.82, 2.24) is 0 Å². The number of aryl methyl sites for hydroxylation is 1. The van der Waals surface area contributed by atoms with Crippen LogP contribution in [-0.2, 0) is 26.8 Å². The van der Waals surface area contributed by atoms with Crippen molar-refractivity contribution in [2.45, 2.75) is 31.3 Å². The summed E-state index contributed by atoms with van der Waals surface area (Å²) >= 11 is 5.87. The molecular weight excluding hydrogens is 365 g/mol. The molecule has 7 heteroatoms. The Balaban J connectivity index is 2.10. The smallest absolute Gasteiger partial charge is 0.242 e.